The van der Waals surface area contributed by atoms with Gasteiger partial charge in [-0.25, -0.2) is 0 Å². The van der Waals surface area contributed by atoms with E-state index in [4.69, 9.17) is 28.4 Å². The average molecular weight is 307 g/mol. The van der Waals surface area contributed by atoms with E-state index in [1.165, 1.54) is 0 Å². The van der Waals surface area contributed by atoms with Gasteiger partial charge in [0.15, 0.2) is 0 Å². The van der Waals surface area contributed by atoms with Gasteiger partial charge in [0.05, 0.1) is 18.6 Å². The zero-order chi connectivity index (χ0) is 15.4. The molecule has 4 N–H and O–H groups in total. The van der Waals surface area contributed by atoms with E-state index in [0.717, 1.165) is 37.1 Å². The molecule has 1 unspecified atom stereocenters. The summed E-state index contributed by atoms with van der Waals surface area (Å²) in [5.41, 5.74) is 12.9. The second-order valence-electron chi connectivity index (χ2n) is 5.38. The Morgan fingerprint density at radius 2 is 2.24 bits per heavy atom. The number of benzene rings is 1. The molecule has 0 aromatic heterocycles. The standard InChI is InChI=1S/C15H21N3O2S/c1-20-13-7-10(4-5-12(13)15(17)21)8-18-6-2-3-11(9-18)14(16)19/h4-5,7,11H,2-3,6,8-9H2,1H3,(H2,16,19)(H2,17,21). The molecule has 0 aliphatic carbocycles. The largest absolute Gasteiger partial charge is 0.496 e. The van der Waals surface area contributed by atoms with Gasteiger partial charge in [-0.3, -0.25) is 9.69 Å². The molecule has 1 aliphatic heterocycles. The van der Waals surface area contributed by atoms with Crippen LogP contribution in [0.1, 0.15) is 24.0 Å². The number of nitrogens with zero attached hydrogens (tertiary/aromatic N) is 1. The quantitative estimate of drug-likeness (QED) is 0.794. The minimum Gasteiger partial charge on any atom is -0.496 e. The van der Waals surface area contributed by atoms with Crippen molar-refractivity contribution >= 4 is 23.1 Å². The first-order valence-electron chi connectivity index (χ1n) is 6.99. The van der Waals surface area contributed by atoms with Gasteiger partial charge < -0.3 is 16.2 Å². The van der Waals surface area contributed by atoms with Crippen LogP contribution >= 0.6 is 12.2 Å². The lowest BCUT2D eigenvalue weighted by Gasteiger charge is -2.31. The first-order chi connectivity index (χ1) is 10.0. The Hall–Kier alpha value is -1.66. The van der Waals surface area contributed by atoms with Gasteiger partial charge in [-0.1, -0.05) is 18.3 Å². The van der Waals surface area contributed by atoms with Crippen molar-refractivity contribution in [2.75, 3.05) is 20.2 Å². The van der Waals surface area contributed by atoms with Crippen molar-refractivity contribution in [2.24, 2.45) is 17.4 Å². The molecule has 6 heteroatoms. The lowest BCUT2D eigenvalue weighted by molar-refractivity contribution is -0.123. The van der Waals surface area contributed by atoms with Crippen molar-refractivity contribution in [3.63, 3.8) is 0 Å². The van der Waals surface area contributed by atoms with Crippen LogP contribution in [0.3, 0.4) is 0 Å². The summed E-state index contributed by atoms with van der Waals surface area (Å²) in [4.78, 5) is 13.9. The van der Waals surface area contributed by atoms with Crippen molar-refractivity contribution in [3.05, 3.63) is 29.3 Å². The van der Waals surface area contributed by atoms with Crippen molar-refractivity contribution in [1.29, 1.82) is 0 Å². The van der Waals surface area contributed by atoms with Gasteiger partial charge in [-0.05, 0) is 37.1 Å². The second-order valence-corrected chi connectivity index (χ2v) is 5.82. The van der Waals surface area contributed by atoms with E-state index in [9.17, 15) is 4.79 Å². The summed E-state index contributed by atoms with van der Waals surface area (Å²) < 4.78 is 5.34. The number of amides is 1. The maximum Gasteiger partial charge on any atom is 0.221 e. The first-order valence-corrected chi connectivity index (χ1v) is 7.40. The highest BCUT2D eigenvalue weighted by Gasteiger charge is 2.24. The van der Waals surface area contributed by atoms with E-state index in [1.54, 1.807) is 7.11 Å². The number of nitrogens with two attached hydrogens (primary N) is 2. The fourth-order valence-corrected chi connectivity index (χ4v) is 2.90. The van der Waals surface area contributed by atoms with Crippen molar-refractivity contribution < 1.29 is 9.53 Å². The van der Waals surface area contributed by atoms with Crippen molar-refractivity contribution in [3.8, 4) is 5.75 Å². The van der Waals surface area contributed by atoms with Crippen LogP contribution in [0.15, 0.2) is 18.2 Å². The summed E-state index contributed by atoms with van der Waals surface area (Å²) in [5, 5.41) is 0. The maximum atomic E-state index is 11.3. The summed E-state index contributed by atoms with van der Waals surface area (Å²) in [7, 11) is 1.60. The van der Waals surface area contributed by atoms with Gasteiger partial charge >= 0.3 is 0 Å². The molecular formula is C15H21N3O2S. The zero-order valence-electron chi connectivity index (χ0n) is 12.2. The molecule has 1 heterocycles. The summed E-state index contributed by atoms with van der Waals surface area (Å²) in [6.45, 7) is 2.45. The van der Waals surface area contributed by atoms with Gasteiger partial charge in [0.2, 0.25) is 5.91 Å². The number of carbonyl (C=O) groups excluding carboxylic acids is 1. The van der Waals surface area contributed by atoms with Gasteiger partial charge in [0, 0.05) is 13.1 Å². The molecule has 114 valence electrons. The Kier molecular flexibility index (Phi) is 5.14. The Balaban J connectivity index is 2.09. The molecule has 0 radical (unpaired) electrons. The van der Waals surface area contributed by atoms with Crippen LogP contribution in [0.25, 0.3) is 0 Å². The van der Waals surface area contributed by atoms with Crippen LogP contribution in [0, 0.1) is 5.92 Å². The SMILES string of the molecule is COc1cc(CN2CCCC(C(N)=O)C2)ccc1C(N)=S. The van der Waals surface area contributed by atoms with E-state index in [0.29, 0.717) is 17.3 Å². The van der Waals surface area contributed by atoms with E-state index in [-0.39, 0.29) is 11.8 Å². The van der Waals surface area contributed by atoms with Crippen LogP contribution < -0.4 is 16.2 Å². The number of rotatable bonds is 5. The molecule has 1 atom stereocenters. The molecule has 1 saturated heterocycles. The molecule has 5 nitrogen and oxygen atoms in total. The first kappa shape index (κ1) is 15.7. The maximum absolute atomic E-state index is 11.3. The van der Waals surface area contributed by atoms with Crippen LogP contribution in [-0.2, 0) is 11.3 Å². The molecule has 2 rings (SSSR count). The molecule has 1 fully saturated rings. The Morgan fingerprint density at radius 3 is 2.86 bits per heavy atom. The van der Waals surface area contributed by atoms with Crippen LogP contribution in [0.5, 0.6) is 5.75 Å². The Morgan fingerprint density at radius 1 is 1.48 bits per heavy atom. The Labute approximate surface area is 130 Å². The highest BCUT2D eigenvalue weighted by atomic mass is 32.1. The van der Waals surface area contributed by atoms with Crippen molar-refractivity contribution in [2.45, 2.75) is 19.4 Å². The van der Waals surface area contributed by atoms with Gasteiger partial charge in [0.25, 0.3) is 0 Å². The van der Waals surface area contributed by atoms with E-state index in [2.05, 4.69) is 4.90 Å². The third-order valence-corrected chi connectivity index (χ3v) is 4.07. The van der Waals surface area contributed by atoms with Crippen LogP contribution in [0.2, 0.25) is 0 Å². The number of hydrogen-bond acceptors (Lipinski definition) is 4. The molecule has 1 aromatic rings. The molecule has 1 amide bonds. The smallest absolute Gasteiger partial charge is 0.221 e. The number of primary amides is 1. The predicted octanol–water partition coefficient (Wildman–Crippen LogP) is 1.03. The molecule has 0 bridgehead atoms. The predicted molar refractivity (Wildman–Crippen MR) is 86.1 cm³/mol. The van der Waals surface area contributed by atoms with Crippen molar-refractivity contribution in [1.82, 2.24) is 4.90 Å². The monoisotopic (exact) mass is 307 g/mol. The third kappa shape index (κ3) is 3.92. The number of methoxy groups -OCH3 is 1. The number of carbonyl (C=O) groups is 1. The minimum absolute atomic E-state index is 0.0449. The van der Waals surface area contributed by atoms with Gasteiger partial charge in [-0.15, -0.1) is 0 Å². The fourth-order valence-electron chi connectivity index (χ4n) is 2.73. The van der Waals surface area contributed by atoms with Crippen LogP contribution in [0.4, 0.5) is 0 Å². The second kappa shape index (κ2) is 6.87. The van der Waals surface area contributed by atoms with Crippen LogP contribution in [-0.4, -0.2) is 36.0 Å². The summed E-state index contributed by atoms with van der Waals surface area (Å²) in [5.74, 6) is 0.432. The topological polar surface area (TPSA) is 81.6 Å². The fraction of sp³-hybridized carbons (Fsp3) is 0.467. The zero-order valence-corrected chi connectivity index (χ0v) is 13.0. The number of hydrogen-bond donors (Lipinski definition) is 2. The lowest BCUT2D eigenvalue weighted by Crippen LogP contribution is -2.40. The summed E-state index contributed by atoms with van der Waals surface area (Å²) >= 11 is 5.00. The minimum atomic E-state index is -0.207. The Bertz CT molecular complexity index is 548. The van der Waals surface area contributed by atoms with E-state index < -0.39 is 0 Å². The van der Waals surface area contributed by atoms with Gasteiger partial charge in [0.1, 0.15) is 10.7 Å². The molecule has 0 saturated carbocycles. The molecule has 21 heavy (non-hydrogen) atoms. The molecule has 1 aliphatic rings. The molecule has 0 spiro atoms. The average Bonchev–Trinajstić information content (AvgIpc) is 2.47. The van der Waals surface area contributed by atoms with Gasteiger partial charge in [-0.2, -0.15) is 0 Å². The summed E-state index contributed by atoms with van der Waals surface area (Å²) in [6.07, 6.45) is 1.88. The molecule has 1 aromatic carbocycles. The highest BCUT2D eigenvalue weighted by Crippen LogP contribution is 2.23. The highest BCUT2D eigenvalue weighted by molar-refractivity contribution is 7.80. The number of piperidine rings is 1. The molecular weight excluding hydrogens is 286 g/mol. The number of ether oxygens (including phenoxy) is 1. The normalized spacial score (nSPS) is 19.2. The third-order valence-electron chi connectivity index (χ3n) is 3.85. The van der Waals surface area contributed by atoms with E-state index >= 15 is 0 Å². The summed E-state index contributed by atoms with van der Waals surface area (Å²) in [6, 6.07) is 5.82. The van der Waals surface area contributed by atoms with E-state index in [1.807, 2.05) is 18.2 Å². The number of thiocarbonyl (C=S) groups is 1. The lowest BCUT2D eigenvalue weighted by atomic mass is 9.97. The number of likely N-dealkylation sites (tertiary alicyclic amines) is 1.